The van der Waals surface area contributed by atoms with E-state index in [1.54, 1.807) is 0 Å². The summed E-state index contributed by atoms with van der Waals surface area (Å²) in [6, 6.07) is 0. The highest BCUT2D eigenvalue weighted by Crippen LogP contribution is 2.59. The standard InChI is InChI=1S/C12H14O4/c1-2-7(13)15-11-9-5-3-4-6-8(5)10(16-9)12(11)14-6/h2,5-6,8-12H,1,3-4H2. The van der Waals surface area contributed by atoms with Crippen LogP contribution in [0.25, 0.3) is 0 Å². The second-order valence-electron chi connectivity index (χ2n) is 5.13. The van der Waals surface area contributed by atoms with E-state index < -0.39 is 0 Å². The molecule has 7 unspecified atom stereocenters. The van der Waals surface area contributed by atoms with Crippen LogP contribution in [0.4, 0.5) is 0 Å². The zero-order valence-corrected chi connectivity index (χ0v) is 8.87. The van der Waals surface area contributed by atoms with Crippen molar-refractivity contribution in [1.82, 2.24) is 0 Å². The van der Waals surface area contributed by atoms with Crippen molar-refractivity contribution in [3.8, 4) is 0 Å². The van der Waals surface area contributed by atoms with Crippen LogP contribution in [-0.4, -0.2) is 36.5 Å². The summed E-state index contributed by atoms with van der Waals surface area (Å²) in [7, 11) is 0. The van der Waals surface area contributed by atoms with Crippen LogP contribution in [0.15, 0.2) is 12.7 Å². The van der Waals surface area contributed by atoms with Crippen molar-refractivity contribution in [3.63, 3.8) is 0 Å². The van der Waals surface area contributed by atoms with Crippen LogP contribution < -0.4 is 0 Å². The molecule has 2 bridgehead atoms. The normalized spacial score (nSPS) is 55.6. The molecule has 4 aliphatic rings. The van der Waals surface area contributed by atoms with E-state index in [2.05, 4.69) is 6.58 Å². The van der Waals surface area contributed by atoms with Crippen LogP contribution in [0.3, 0.4) is 0 Å². The molecule has 4 rings (SSSR count). The average molecular weight is 222 g/mol. The fraction of sp³-hybridized carbons (Fsp3) is 0.750. The minimum atomic E-state index is -0.371. The van der Waals surface area contributed by atoms with Gasteiger partial charge in [0.1, 0.15) is 12.2 Å². The highest BCUT2D eigenvalue weighted by atomic mass is 16.6. The summed E-state index contributed by atoms with van der Waals surface area (Å²) in [5.41, 5.74) is 0. The van der Waals surface area contributed by atoms with Crippen molar-refractivity contribution in [1.29, 1.82) is 0 Å². The van der Waals surface area contributed by atoms with Crippen LogP contribution in [0.5, 0.6) is 0 Å². The molecular formula is C12H14O4. The van der Waals surface area contributed by atoms with Gasteiger partial charge in [-0.1, -0.05) is 6.58 Å². The monoisotopic (exact) mass is 222 g/mol. The maximum absolute atomic E-state index is 11.3. The summed E-state index contributed by atoms with van der Waals surface area (Å²) in [5, 5.41) is 0. The van der Waals surface area contributed by atoms with Crippen LogP contribution in [-0.2, 0) is 19.0 Å². The molecule has 0 aromatic carbocycles. The highest BCUT2D eigenvalue weighted by Gasteiger charge is 2.70. The van der Waals surface area contributed by atoms with E-state index in [0.717, 1.165) is 12.8 Å². The van der Waals surface area contributed by atoms with Gasteiger partial charge in [0.15, 0.2) is 6.10 Å². The molecule has 4 heteroatoms. The average Bonchev–Trinajstić information content (AvgIpc) is 2.92. The molecule has 3 aliphatic heterocycles. The van der Waals surface area contributed by atoms with Crippen LogP contribution in [0.1, 0.15) is 12.8 Å². The topological polar surface area (TPSA) is 44.8 Å². The van der Waals surface area contributed by atoms with E-state index in [1.165, 1.54) is 6.08 Å². The molecule has 4 fully saturated rings. The zero-order valence-electron chi connectivity index (χ0n) is 8.87. The Kier molecular flexibility index (Phi) is 1.65. The molecule has 3 saturated heterocycles. The quantitative estimate of drug-likeness (QED) is 0.508. The lowest BCUT2D eigenvalue weighted by atomic mass is 9.80. The molecule has 4 nitrogen and oxygen atoms in total. The van der Waals surface area contributed by atoms with Crippen molar-refractivity contribution in [2.45, 2.75) is 43.4 Å². The third-order valence-corrected chi connectivity index (χ3v) is 4.55. The molecule has 0 radical (unpaired) electrons. The second-order valence-corrected chi connectivity index (χ2v) is 5.13. The zero-order chi connectivity index (χ0) is 10.9. The molecule has 0 aromatic heterocycles. The first-order valence-corrected chi connectivity index (χ1v) is 5.93. The van der Waals surface area contributed by atoms with E-state index in [1.807, 2.05) is 0 Å². The van der Waals surface area contributed by atoms with Gasteiger partial charge in [0.25, 0.3) is 0 Å². The van der Waals surface area contributed by atoms with Crippen molar-refractivity contribution < 1.29 is 19.0 Å². The highest BCUT2D eigenvalue weighted by molar-refractivity contribution is 5.81. The Balaban J connectivity index is 1.63. The number of hydrogen-bond acceptors (Lipinski definition) is 4. The number of esters is 1. The Labute approximate surface area is 93.5 Å². The SMILES string of the molecule is C=CC(=O)OC1C2OC3C1OC1CCC2C13. The largest absolute Gasteiger partial charge is 0.454 e. The second kappa shape index (κ2) is 2.87. The first-order valence-electron chi connectivity index (χ1n) is 5.93. The minimum Gasteiger partial charge on any atom is -0.454 e. The molecule has 3 heterocycles. The maximum atomic E-state index is 11.3. The summed E-state index contributed by atoms with van der Waals surface area (Å²) in [5.74, 6) is 0.731. The van der Waals surface area contributed by atoms with Crippen LogP contribution in [0.2, 0.25) is 0 Å². The predicted octanol–water partition coefficient (Wildman–Crippen LogP) is 0.659. The fourth-order valence-corrected chi connectivity index (χ4v) is 4.05. The molecule has 86 valence electrons. The summed E-state index contributed by atoms with van der Waals surface area (Å²) >= 11 is 0. The summed E-state index contributed by atoms with van der Waals surface area (Å²) < 4.78 is 17.2. The van der Waals surface area contributed by atoms with Gasteiger partial charge >= 0.3 is 5.97 Å². The van der Waals surface area contributed by atoms with Gasteiger partial charge in [-0.05, 0) is 18.8 Å². The van der Waals surface area contributed by atoms with Gasteiger partial charge in [0.2, 0.25) is 0 Å². The van der Waals surface area contributed by atoms with Crippen molar-refractivity contribution >= 4 is 5.97 Å². The number of ether oxygens (including phenoxy) is 3. The number of rotatable bonds is 2. The number of carbonyl (C=O) groups excluding carboxylic acids is 1. The summed E-state index contributed by atoms with van der Waals surface area (Å²) in [6.45, 7) is 3.42. The Morgan fingerprint density at radius 1 is 1.25 bits per heavy atom. The number of hydrogen-bond donors (Lipinski definition) is 0. The minimum absolute atomic E-state index is 0.0274. The van der Waals surface area contributed by atoms with E-state index in [-0.39, 0.29) is 30.4 Å². The Bertz CT molecular complexity index is 364. The molecule has 7 atom stereocenters. The smallest absolute Gasteiger partial charge is 0.330 e. The van der Waals surface area contributed by atoms with Gasteiger partial charge in [0.05, 0.1) is 12.2 Å². The van der Waals surface area contributed by atoms with Gasteiger partial charge in [0, 0.05) is 12.0 Å². The van der Waals surface area contributed by atoms with Gasteiger partial charge in [-0.3, -0.25) is 0 Å². The first-order chi connectivity index (χ1) is 7.79. The maximum Gasteiger partial charge on any atom is 0.330 e. The third kappa shape index (κ3) is 0.908. The van der Waals surface area contributed by atoms with E-state index in [9.17, 15) is 4.79 Å². The Morgan fingerprint density at radius 3 is 2.94 bits per heavy atom. The van der Waals surface area contributed by atoms with Gasteiger partial charge in [-0.15, -0.1) is 0 Å². The molecule has 16 heavy (non-hydrogen) atoms. The lowest BCUT2D eigenvalue weighted by Gasteiger charge is -2.27. The number of fused-ring (bicyclic) bond motifs is 2. The molecule has 0 spiro atoms. The Morgan fingerprint density at radius 2 is 2.12 bits per heavy atom. The lowest BCUT2D eigenvalue weighted by Crippen LogP contribution is -2.44. The van der Waals surface area contributed by atoms with Crippen LogP contribution in [0, 0.1) is 11.8 Å². The molecular weight excluding hydrogens is 208 g/mol. The lowest BCUT2D eigenvalue weighted by molar-refractivity contribution is -0.152. The predicted molar refractivity (Wildman–Crippen MR) is 53.6 cm³/mol. The van der Waals surface area contributed by atoms with E-state index >= 15 is 0 Å². The van der Waals surface area contributed by atoms with Crippen LogP contribution >= 0.6 is 0 Å². The van der Waals surface area contributed by atoms with Gasteiger partial charge in [-0.25, -0.2) is 4.79 Å². The van der Waals surface area contributed by atoms with Crippen molar-refractivity contribution in [2.24, 2.45) is 11.8 Å². The first kappa shape index (κ1) is 9.19. The fourth-order valence-electron chi connectivity index (χ4n) is 4.05. The molecule has 1 saturated carbocycles. The third-order valence-electron chi connectivity index (χ3n) is 4.55. The molecule has 0 N–H and O–H groups in total. The number of carbonyl (C=O) groups is 1. The van der Waals surface area contributed by atoms with Crippen molar-refractivity contribution in [2.75, 3.05) is 0 Å². The van der Waals surface area contributed by atoms with Gasteiger partial charge in [-0.2, -0.15) is 0 Å². The Hall–Kier alpha value is -0.870. The molecule has 0 amide bonds. The van der Waals surface area contributed by atoms with Crippen molar-refractivity contribution in [3.05, 3.63) is 12.7 Å². The molecule has 1 aliphatic carbocycles. The van der Waals surface area contributed by atoms with E-state index in [4.69, 9.17) is 14.2 Å². The summed E-state index contributed by atoms with van der Waals surface area (Å²) in [4.78, 5) is 11.3. The summed E-state index contributed by atoms with van der Waals surface area (Å²) in [6.07, 6.45) is 3.84. The van der Waals surface area contributed by atoms with Gasteiger partial charge < -0.3 is 14.2 Å². The van der Waals surface area contributed by atoms with E-state index in [0.29, 0.717) is 17.9 Å². The molecule has 0 aromatic rings.